The zero-order valence-electron chi connectivity index (χ0n) is 27.0. The van der Waals surface area contributed by atoms with Crippen LogP contribution in [0.3, 0.4) is 0 Å². The standard InChI is InChI=1S/C48H33N/c1-3-13-34(14-4-1)35-25-29-40(30-26-35)49(47-22-12-11-18-42(47)36-15-5-2-6-16-36)41-31-27-38(28-32-41)46-33-39-24-23-37-17-7-8-19-43(37)48(39)45-21-10-9-20-44(45)46/h1-33H. The van der Waals surface area contributed by atoms with Crippen LogP contribution in [-0.2, 0) is 0 Å². The van der Waals surface area contributed by atoms with Crippen molar-refractivity contribution in [1.29, 1.82) is 0 Å². The first-order chi connectivity index (χ1) is 24.3. The van der Waals surface area contributed by atoms with E-state index < -0.39 is 0 Å². The van der Waals surface area contributed by atoms with Gasteiger partial charge in [-0.2, -0.15) is 0 Å². The summed E-state index contributed by atoms with van der Waals surface area (Å²) >= 11 is 0. The lowest BCUT2D eigenvalue weighted by Gasteiger charge is -2.28. The average Bonchev–Trinajstić information content (AvgIpc) is 3.19. The Labute approximate surface area is 287 Å². The molecule has 1 nitrogen and oxygen atoms in total. The Morgan fingerprint density at radius 1 is 0.286 bits per heavy atom. The third kappa shape index (κ3) is 5.23. The molecule has 1 heteroatoms. The normalized spacial score (nSPS) is 11.3. The van der Waals surface area contributed by atoms with E-state index in [0.717, 1.165) is 17.1 Å². The highest BCUT2D eigenvalue weighted by atomic mass is 15.1. The summed E-state index contributed by atoms with van der Waals surface area (Å²) in [5.41, 5.74) is 10.6. The Bertz CT molecular complexity index is 2570. The van der Waals surface area contributed by atoms with Crippen molar-refractivity contribution < 1.29 is 0 Å². The molecule has 230 valence electrons. The van der Waals surface area contributed by atoms with Crippen LogP contribution in [-0.4, -0.2) is 0 Å². The highest BCUT2D eigenvalue weighted by molar-refractivity contribution is 6.23. The molecule has 0 amide bonds. The first kappa shape index (κ1) is 28.8. The lowest BCUT2D eigenvalue weighted by molar-refractivity contribution is 1.28. The largest absolute Gasteiger partial charge is 0.310 e. The minimum absolute atomic E-state index is 1.11. The molecule has 0 atom stereocenters. The van der Waals surface area contributed by atoms with Crippen molar-refractivity contribution >= 4 is 49.4 Å². The summed E-state index contributed by atoms with van der Waals surface area (Å²) in [5, 5.41) is 7.69. The van der Waals surface area contributed by atoms with Gasteiger partial charge in [-0.25, -0.2) is 0 Å². The van der Waals surface area contributed by atoms with Crippen molar-refractivity contribution in [3.63, 3.8) is 0 Å². The predicted octanol–water partition coefficient (Wildman–Crippen LogP) is 13.6. The molecular formula is C48H33N. The number of nitrogens with zero attached hydrogens (tertiary/aromatic N) is 1. The molecule has 0 bridgehead atoms. The number of benzene rings is 9. The van der Waals surface area contributed by atoms with Crippen LogP contribution in [0.5, 0.6) is 0 Å². The van der Waals surface area contributed by atoms with Crippen LogP contribution < -0.4 is 4.90 Å². The van der Waals surface area contributed by atoms with Crippen molar-refractivity contribution in [2.75, 3.05) is 4.90 Å². The van der Waals surface area contributed by atoms with Gasteiger partial charge in [-0.1, -0.05) is 164 Å². The summed E-state index contributed by atoms with van der Waals surface area (Å²) in [6.07, 6.45) is 0. The van der Waals surface area contributed by atoms with E-state index in [-0.39, 0.29) is 0 Å². The number of anilines is 3. The molecule has 0 saturated carbocycles. The highest BCUT2D eigenvalue weighted by Gasteiger charge is 2.18. The second kappa shape index (κ2) is 12.3. The molecule has 0 fully saturated rings. The van der Waals surface area contributed by atoms with E-state index in [2.05, 4.69) is 205 Å². The second-order valence-corrected chi connectivity index (χ2v) is 12.5. The van der Waals surface area contributed by atoms with Crippen LogP contribution in [0, 0.1) is 0 Å². The molecule has 0 aliphatic heterocycles. The maximum absolute atomic E-state index is 2.38. The molecule has 0 unspecified atom stereocenters. The second-order valence-electron chi connectivity index (χ2n) is 12.5. The molecule has 0 aromatic heterocycles. The average molecular weight is 624 g/mol. The Balaban J connectivity index is 1.19. The van der Waals surface area contributed by atoms with Gasteiger partial charge >= 0.3 is 0 Å². The molecular weight excluding hydrogens is 591 g/mol. The van der Waals surface area contributed by atoms with E-state index in [0.29, 0.717) is 0 Å². The molecule has 0 aliphatic rings. The smallest absolute Gasteiger partial charge is 0.0540 e. The van der Waals surface area contributed by atoms with E-state index in [4.69, 9.17) is 0 Å². The van der Waals surface area contributed by atoms with Gasteiger partial charge in [-0.15, -0.1) is 0 Å². The first-order valence-corrected chi connectivity index (χ1v) is 16.9. The molecule has 0 spiro atoms. The van der Waals surface area contributed by atoms with Gasteiger partial charge in [0.05, 0.1) is 5.69 Å². The van der Waals surface area contributed by atoms with Gasteiger partial charge in [-0.3, -0.25) is 0 Å². The van der Waals surface area contributed by atoms with Crippen LogP contribution >= 0.6 is 0 Å². The highest BCUT2D eigenvalue weighted by Crippen LogP contribution is 2.43. The fourth-order valence-electron chi connectivity index (χ4n) is 7.30. The van der Waals surface area contributed by atoms with Gasteiger partial charge in [0.1, 0.15) is 0 Å². The van der Waals surface area contributed by atoms with Crippen LogP contribution in [0.15, 0.2) is 200 Å². The van der Waals surface area contributed by atoms with Gasteiger partial charge in [-0.05, 0) is 96.5 Å². The molecule has 0 aliphatic carbocycles. The van der Waals surface area contributed by atoms with Gasteiger partial charge in [0.2, 0.25) is 0 Å². The molecule has 0 heterocycles. The summed E-state index contributed by atoms with van der Waals surface area (Å²) in [6.45, 7) is 0. The molecule has 49 heavy (non-hydrogen) atoms. The number of fused-ring (bicyclic) bond motifs is 5. The van der Waals surface area contributed by atoms with Crippen molar-refractivity contribution in [2.24, 2.45) is 0 Å². The molecule has 0 radical (unpaired) electrons. The van der Waals surface area contributed by atoms with Crippen LogP contribution in [0.4, 0.5) is 17.1 Å². The van der Waals surface area contributed by atoms with E-state index in [1.54, 1.807) is 0 Å². The van der Waals surface area contributed by atoms with Gasteiger partial charge in [0.15, 0.2) is 0 Å². The van der Waals surface area contributed by atoms with Crippen LogP contribution in [0.2, 0.25) is 0 Å². The van der Waals surface area contributed by atoms with Crippen LogP contribution in [0.25, 0.3) is 65.7 Å². The molecule has 0 N–H and O–H groups in total. The number of para-hydroxylation sites is 1. The van der Waals surface area contributed by atoms with Crippen molar-refractivity contribution in [1.82, 2.24) is 0 Å². The topological polar surface area (TPSA) is 3.24 Å². The zero-order chi connectivity index (χ0) is 32.6. The summed E-state index contributed by atoms with van der Waals surface area (Å²) in [7, 11) is 0. The lowest BCUT2D eigenvalue weighted by Crippen LogP contribution is -2.11. The van der Waals surface area contributed by atoms with Gasteiger partial charge in [0, 0.05) is 16.9 Å². The Morgan fingerprint density at radius 3 is 1.49 bits per heavy atom. The fourth-order valence-corrected chi connectivity index (χ4v) is 7.30. The van der Waals surface area contributed by atoms with E-state index in [1.165, 1.54) is 65.7 Å². The maximum atomic E-state index is 2.38. The predicted molar refractivity (Wildman–Crippen MR) is 210 cm³/mol. The number of hydrogen-bond acceptors (Lipinski definition) is 1. The molecule has 9 aromatic rings. The Hall–Kier alpha value is -6.44. The SMILES string of the molecule is c1ccc(-c2ccc(N(c3ccc(-c4cc5ccc6ccccc6c5c5ccccc45)cc3)c3ccccc3-c3ccccc3)cc2)cc1. The van der Waals surface area contributed by atoms with E-state index in [1.807, 2.05) is 0 Å². The third-order valence-electron chi connectivity index (χ3n) is 9.65. The van der Waals surface area contributed by atoms with E-state index in [9.17, 15) is 0 Å². The Morgan fingerprint density at radius 2 is 0.776 bits per heavy atom. The van der Waals surface area contributed by atoms with Crippen LogP contribution in [0.1, 0.15) is 0 Å². The monoisotopic (exact) mass is 623 g/mol. The summed E-state index contributed by atoms with van der Waals surface area (Å²) in [5.74, 6) is 0. The summed E-state index contributed by atoms with van der Waals surface area (Å²) in [4.78, 5) is 2.38. The van der Waals surface area contributed by atoms with Gasteiger partial charge in [0.25, 0.3) is 0 Å². The zero-order valence-corrected chi connectivity index (χ0v) is 27.0. The van der Waals surface area contributed by atoms with Crippen molar-refractivity contribution in [2.45, 2.75) is 0 Å². The fraction of sp³-hybridized carbons (Fsp3) is 0. The molecule has 9 aromatic carbocycles. The lowest BCUT2D eigenvalue weighted by atomic mass is 9.90. The Kier molecular flexibility index (Phi) is 7.22. The minimum Gasteiger partial charge on any atom is -0.310 e. The third-order valence-corrected chi connectivity index (χ3v) is 9.65. The van der Waals surface area contributed by atoms with E-state index >= 15 is 0 Å². The van der Waals surface area contributed by atoms with Crippen molar-refractivity contribution in [3.8, 4) is 33.4 Å². The molecule has 0 saturated heterocycles. The summed E-state index contributed by atoms with van der Waals surface area (Å²) < 4.78 is 0. The molecule has 9 rings (SSSR count). The number of hydrogen-bond donors (Lipinski definition) is 0. The van der Waals surface area contributed by atoms with Gasteiger partial charge < -0.3 is 4.90 Å². The minimum atomic E-state index is 1.11. The first-order valence-electron chi connectivity index (χ1n) is 16.9. The quantitative estimate of drug-likeness (QED) is 0.167. The van der Waals surface area contributed by atoms with Crippen molar-refractivity contribution in [3.05, 3.63) is 200 Å². The number of rotatable bonds is 6. The maximum Gasteiger partial charge on any atom is 0.0540 e. The summed E-state index contributed by atoms with van der Waals surface area (Å²) in [6, 6.07) is 72.3.